The molecule has 0 saturated heterocycles. The van der Waals surface area contributed by atoms with Gasteiger partial charge in [0.05, 0.1) is 20.9 Å². The van der Waals surface area contributed by atoms with Crippen LogP contribution in [0.5, 0.6) is 0 Å². The number of rotatable bonds is 5. The zero-order chi connectivity index (χ0) is 17.8. The second kappa shape index (κ2) is 7.56. The third-order valence-corrected chi connectivity index (χ3v) is 5.14. The average Bonchev–Trinajstić information content (AvgIpc) is 3.23. The van der Waals surface area contributed by atoms with E-state index in [9.17, 15) is 14.9 Å². The van der Waals surface area contributed by atoms with Gasteiger partial charge in [0, 0.05) is 22.5 Å². The molecular weight excluding hydrogens is 382 g/mol. The van der Waals surface area contributed by atoms with Crippen LogP contribution in [0.4, 0.5) is 10.8 Å². The van der Waals surface area contributed by atoms with Gasteiger partial charge in [0.2, 0.25) is 5.91 Å². The van der Waals surface area contributed by atoms with Crippen LogP contribution in [0, 0.1) is 10.1 Å². The topological polar surface area (TPSA) is 85.1 Å². The first-order chi connectivity index (χ1) is 12.0. The summed E-state index contributed by atoms with van der Waals surface area (Å²) in [6.07, 6.45) is 2.99. The van der Waals surface area contributed by atoms with Crippen molar-refractivity contribution in [1.29, 1.82) is 0 Å². The Hall–Kier alpha value is -2.55. The molecule has 0 fully saturated rings. The summed E-state index contributed by atoms with van der Waals surface area (Å²) >= 11 is 8.51. The summed E-state index contributed by atoms with van der Waals surface area (Å²) in [7, 11) is 0. The minimum absolute atomic E-state index is 0.0289. The highest BCUT2D eigenvalue weighted by molar-refractivity contribution is 7.16. The predicted molar refractivity (Wildman–Crippen MR) is 101 cm³/mol. The van der Waals surface area contributed by atoms with Gasteiger partial charge in [-0.3, -0.25) is 20.2 Å². The number of nitrogens with one attached hydrogen (secondary N) is 1. The summed E-state index contributed by atoms with van der Waals surface area (Å²) in [4.78, 5) is 27.2. The fraction of sp³-hybridized carbons (Fsp3) is 0. The van der Waals surface area contributed by atoms with Crippen LogP contribution in [-0.2, 0) is 4.79 Å². The summed E-state index contributed by atoms with van der Waals surface area (Å²) in [6, 6.07) is 8.65. The highest BCUT2D eigenvalue weighted by atomic mass is 35.5. The molecule has 0 aliphatic carbocycles. The van der Waals surface area contributed by atoms with Crippen molar-refractivity contribution in [2.24, 2.45) is 0 Å². The summed E-state index contributed by atoms with van der Waals surface area (Å²) in [6.45, 7) is 0. The van der Waals surface area contributed by atoms with E-state index in [1.165, 1.54) is 40.2 Å². The molecule has 0 spiro atoms. The highest BCUT2D eigenvalue weighted by Gasteiger charge is 2.13. The van der Waals surface area contributed by atoms with Crippen molar-refractivity contribution in [3.8, 4) is 10.6 Å². The minimum atomic E-state index is -0.450. The van der Waals surface area contributed by atoms with Crippen LogP contribution in [-0.4, -0.2) is 15.8 Å². The highest BCUT2D eigenvalue weighted by Crippen LogP contribution is 2.32. The number of hydrogen-bond acceptors (Lipinski definition) is 6. The van der Waals surface area contributed by atoms with Gasteiger partial charge in [-0.05, 0) is 17.7 Å². The largest absolute Gasteiger partial charge is 0.298 e. The number of amides is 1. The van der Waals surface area contributed by atoms with Gasteiger partial charge in [-0.1, -0.05) is 29.8 Å². The zero-order valence-electron chi connectivity index (χ0n) is 12.5. The maximum atomic E-state index is 12.0. The molecular formula is C16H10ClN3O3S2. The van der Waals surface area contributed by atoms with Crippen molar-refractivity contribution in [3.05, 3.63) is 67.9 Å². The van der Waals surface area contributed by atoms with Crippen LogP contribution in [0.2, 0.25) is 5.02 Å². The van der Waals surface area contributed by atoms with Crippen molar-refractivity contribution < 1.29 is 9.72 Å². The number of hydrogen-bond donors (Lipinski definition) is 1. The summed E-state index contributed by atoms with van der Waals surface area (Å²) in [5.41, 5.74) is 1.36. The first kappa shape index (κ1) is 17.3. The Morgan fingerprint density at radius 2 is 2.08 bits per heavy atom. The molecule has 0 unspecified atom stereocenters. The molecule has 3 aromatic rings. The molecule has 0 saturated carbocycles. The van der Waals surface area contributed by atoms with E-state index in [1.54, 1.807) is 23.6 Å². The molecule has 25 heavy (non-hydrogen) atoms. The molecule has 0 radical (unpaired) electrons. The quantitative estimate of drug-likeness (QED) is 0.373. The summed E-state index contributed by atoms with van der Waals surface area (Å²) in [5.74, 6) is -0.335. The Morgan fingerprint density at radius 1 is 1.28 bits per heavy atom. The lowest BCUT2D eigenvalue weighted by Gasteiger charge is -1.98. The Labute approximate surface area is 155 Å². The van der Waals surface area contributed by atoms with Gasteiger partial charge in [-0.15, -0.1) is 22.7 Å². The van der Waals surface area contributed by atoms with E-state index in [-0.39, 0.29) is 11.6 Å². The smallest absolute Gasteiger partial charge is 0.280 e. The molecule has 0 atom stereocenters. The Balaban J connectivity index is 1.67. The number of thiazole rings is 1. The number of carbonyl (C=O) groups is 1. The van der Waals surface area contributed by atoms with E-state index in [0.29, 0.717) is 20.7 Å². The molecule has 1 N–H and O–H groups in total. The van der Waals surface area contributed by atoms with Crippen LogP contribution in [0.25, 0.3) is 16.6 Å². The van der Waals surface area contributed by atoms with Crippen LogP contribution in [0.15, 0.2) is 47.2 Å². The Bertz CT molecular complexity index is 965. The number of thiophene rings is 1. The number of aromatic nitrogens is 1. The Kier molecular flexibility index (Phi) is 5.22. The molecule has 9 heteroatoms. The SMILES string of the molecule is O=C(/C=C/c1ccccc1Cl)Nc1nc(-c2cc([N+](=O)[O-])cs2)cs1. The van der Waals surface area contributed by atoms with E-state index < -0.39 is 4.92 Å². The van der Waals surface area contributed by atoms with Crippen molar-refractivity contribution in [2.45, 2.75) is 0 Å². The van der Waals surface area contributed by atoms with Crippen LogP contribution in [0.1, 0.15) is 5.56 Å². The molecule has 2 heterocycles. The summed E-state index contributed by atoms with van der Waals surface area (Å²) < 4.78 is 0. The molecule has 6 nitrogen and oxygen atoms in total. The number of carbonyl (C=O) groups excluding carboxylic acids is 1. The first-order valence-electron chi connectivity index (χ1n) is 6.95. The van der Waals surface area contributed by atoms with Gasteiger partial charge < -0.3 is 0 Å². The number of nitrogens with zero attached hydrogens (tertiary/aromatic N) is 2. The minimum Gasteiger partial charge on any atom is -0.298 e. The lowest BCUT2D eigenvalue weighted by molar-refractivity contribution is -0.384. The molecule has 0 aliphatic heterocycles. The molecule has 2 aromatic heterocycles. The van der Waals surface area contributed by atoms with Gasteiger partial charge in [0.1, 0.15) is 0 Å². The number of benzene rings is 1. The van der Waals surface area contributed by atoms with Gasteiger partial charge in [0.25, 0.3) is 5.69 Å². The fourth-order valence-corrected chi connectivity index (χ4v) is 3.73. The molecule has 3 rings (SSSR count). The van der Waals surface area contributed by atoms with E-state index in [2.05, 4.69) is 10.3 Å². The molecule has 126 valence electrons. The number of halogens is 1. The van der Waals surface area contributed by atoms with Gasteiger partial charge in [-0.2, -0.15) is 0 Å². The Morgan fingerprint density at radius 3 is 2.80 bits per heavy atom. The van der Waals surface area contributed by atoms with Crippen molar-refractivity contribution in [1.82, 2.24) is 4.98 Å². The molecule has 1 amide bonds. The van der Waals surface area contributed by atoms with Gasteiger partial charge in [-0.25, -0.2) is 4.98 Å². The van der Waals surface area contributed by atoms with E-state index in [1.807, 2.05) is 12.1 Å². The zero-order valence-corrected chi connectivity index (χ0v) is 14.9. The monoisotopic (exact) mass is 391 g/mol. The normalized spacial score (nSPS) is 10.9. The average molecular weight is 392 g/mol. The maximum absolute atomic E-state index is 12.0. The van der Waals surface area contributed by atoms with Crippen LogP contribution < -0.4 is 5.32 Å². The second-order valence-electron chi connectivity index (χ2n) is 4.81. The molecule has 0 aliphatic rings. The second-order valence-corrected chi connectivity index (χ2v) is 6.98. The predicted octanol–water partition coefficient (Wildman–Crippen LogP) is 5.09. The van der Waals surface area contributed by atoms with E-state index in [0.717, 1.165) is 5.56 Å². The number of anilines is 1. The molecule has 1 aromatic carbocycles. The fourth-order valence-electron chi connectivity index (χ4n) is 1.92. The van der Waals surface area contributed by atoms with Gasteiger partial charge in [0.15, 0.2) is 5.13 Å². The first-order valence-corrected chi connectivity index (χ1v) is 9.09. The van der Waals surface area contributed by atoms with Crippen LogP contribution in [0.3, 0.4) is 0 Å². The van der Waals surface area contributed by atoms with Crippen molar-refractivity contribution in [2.75, 3.05) is 5.32 Å². The van der Waals surface area contributed by atoms with E-state index in [4.69, 9.17) is 11.6 Å². The summed E-state index contributed by atoms with van der Waals surface area (Å²) in [5, 5.41) is 17.6. The third kappa shape index (κ3) is 4.30. The standard InChI is InChI=1S/C16H10ClN3O3S2/c17-12-4-2-1-3-10(12)5-6-15(21)19-16-18-13(9-25-16)14-7-11(8-24-14)20(22)23/h1-9H,(H,18,19,21)/b6-5+. The van der Waals surface area contributed by atoms with E-state index >= 15 is 0 Å². The maximum Gasteiger partial charge on any atom is 0.280 e. The lowest BCUT2D eigenvalue weighted by Crippen LogP contribution is -2.07. The van der Waals surface area contributed by atoms with Crippen molar-refractivity contribution >= 4 is 57.1 Å². The number of nitro groups is 1. The lowest BCUT2D eigenvalue weighted by atomic mass is 10.2. The van der Waals surface area contributed by atoms with Crippen LogP contribution >= 0.6 is 34.3 Å². The van der Waals surface area contributed by atoms with Crippen molar-refractivity contribution in [3.63, 3.8) is 0 Å². The third-order valence-electron chi connectivity index (χ3n) is 3.10. The molecule has 0 bridgehead atoms. The van der Waals surface area contributed by atoms with Gasteiger partial charge >= 0.3 is 0 Å².